The molecule has 0 spiro atoms. The van der Waals surface area contributed by atoms with Gasteiger partial charge in [0.1, 0.15) is 0 Å². The lowest BCUT2D eigenvalue weighted by molar-refractivity contribution is 0.579. The number of hydrogen-bond acceptors (Lipinski definition) is 3. The van der Waals surface area contributed by atoms with Gasteiger partial charge in [-0.25, -0.2) is 0 Å². The first kappa shape index (κ1) is 13.1. The van der Waals surface area contributed by atoms with E-state index in [-0.39, 0.29) is 4.90 Å². The third-order valence-electron chi connectivity index (χ3n) is 2.68. The molecule has 0 radical (unpaired) electrons. The molecule has 0 aliphatic rings. The second-order valence-corrected chi connectivity index (χ2v) is 6.37. The zero-order valence-corrected chi connectivity index (χ0v) is 11.9. The summed E-state index contributed by atoms with van der Waals surface area (Å²) in [6, 6.07) is 4.87. The van der Waals surface area contributed by atoms with Crippen LogP contribution in [0.1, 0.15) is 16.8 Å². The fourth-order valence-corrected chi connectivity index (χ4v) is 3.33. The maximum absolute atomic E-state index is 12.4. The van der Waals surface area contributed by atoms with E-state index in [0.717, 1.165) is 9.65 Å². The Kier molecular flexibility index (Phi) is 3.21. The Balaban J connectivity index is 2.65. The van der Waals surface area contributed by atoms with Gasteiger partial charge in [-0.15, -0.1) is 0 Å². The number of aryl methyl sites for hydroxylation is 3. The zero-order chi connectivity index (χ0) is 13.5. The van der Waals surface area contributed by atoms with Gasteiger partial charge in [-0.1, -0.05) is 11.6 Å². The largest absolute Gasteiger partial charge is 0.283 e. The molecule has 0 unspecified atom stereocenters. The minimum Gasteiger partial charge on any atom is -0.199 e. The minimum atomic E-state index is -3.64. The topological polar surface area (TPSA) is 52.0 Å². The Bertz CT molecular complexity index is 705. The van der Waals surface area contributed by atoms with E-state index in [1.807, 2.05) is 0 Å². The first-order valence-electron chi connectivity index (χ1n) is 5.37. The molecule has 0 aliphatic carbocycles. The average Bonchev–Trinajstić information content (AvgIpc) is 2.70. The Hall–Kier alpha value is -1.33. The molecule has 0 aliphatic heterocycles. The first-order chi connectivity index (χ1) is 8.32. The van der Waals surface area contributed by atoms with Gasteiger partial charge in [-0.05, 0) is 50.1 Å². The van der Waals surface area contributed by atoms with Crippen LogP contribution in [-0.2, 0) is 10.0 Å². The van der Waals surface area contributed by atoms with E-state index in [1.165, 1.54) is 6.20 Å². The van der Waals surface area contributed by atoms with Crippen molar-refractivity contribution in [2.24, 2.45) is 0 Å². The van der Waals surface area contributed by atoms with Crippen molar-refractivity contribution >= 4 is 21.6 Å². The van der Waals surface area contributed by atoms with Gasteiger partial charge >= 0.3 is 0 Å². The predicted molar refractivity (Wildman–Crippen MR) is 70.5 cm³/mol. The quantitative estimate of drug-likeness (QED) is 0.852. The van der Waals surface area contributed by atoms with Crippen LogP contribution in [0.2, 0.25) is 5.02 Å². The van der Waals surface area contributed by atoms with Gasteiger partial charge in [0.15, 0.2) is 0 Å². The van der Waals surface area contributed by atoms with E-state index in [2.05, 4.69) is 5.10 Å². The Labute approximate surface area is 111 Å². The molecule has 0 atom stereocenters. The van der Waals surface area contributed by atoms with Crippen molar-refractivity contribution in [3.63, 3.8) is 0 Å². The molecule has 1 heterocycles. The van der Waals surface area contributed by atoms with Crippen LogP contribution in [0.25, 0.3) is 0 Å². The zero-order valence-electron chi connectivity index (χ0n) is 10.3. The molecule has 1 aromatic heterocycles. The molecule has 6 heteroatoms. The molecular weight excluding hydrogens is 272 g/mol. The maximum Gasteiger partial charge on any atom is 0.283 e. The summed E-state index contributed by atoms with van der Waals surface area (Å²) < 4.78 is 25.8. The molecule has 0 fully saturated rings. The molecule has 96 valence electrons. The molecule has 0 saturated carbocycles. The highest BCUT2D eigenvalue weighted by Crippen LogP contribution is 2.25. The van der Waals surface area contributed by atoms with Crippen molar-refractivity contribution in [3.8, 4) is 0 Å². The third-order valence-corrected chi connectivity index (χ3v) is 4.78. The number of rotatable bonds is 2. The minimum absolute atomic E-state index is 0.229. The molecule has 0 saturated heterocycles. The summed E-state index contributed by atoms with van der Waals surface area (Å²) in [7, 11) is -3.64. The normalized spacial score (nSPS) is 11.8. The summed E-state index contributed by atoms with van der Waals surface area (Å²) in [6.45, 7) is 5.23. The molecule has 0 bridgehead atoms. The summed E-state index contributed by atoms with van der Waals surface area (Å²) in [4.78, 5) is 0.229. The molecular formula is C12H13ClN2O2S. The first-order valence-corrected chi connectivity index (χ1v) is 7.19. The number of benzene rings is 1. The molecule has 1 aromatic carbocycles. The van der Waals surface area contributed by atoms with E-state index in [0.29, 0.717) is 16.3 Å². The SMILES string of the molecule is Cc1ccn(S(=O)(=O)c2cc(C)c(Cl)cc2C)n1. The van der Waals surface area contributed by atoms with Gasteiger partial charge in [-0.3, -0.25) is 0 Å². The summed E-state index contributed by atoms with van der Waals surface area (Å²) in [5, 5.41) is 4.51. The highest BCUT2D eigenvalue weighted by Gasteiger charge is 2.21. The van der Waals surface area contributed by atoms with E-state index in [1.54, 1.807) is 39.0 Å². The van der Waals surface area contributed by atoms with Gasteiger partial charge in [-0.2, -0.15) is 17.6 Å². The van der Waals surface area contributed by atoms with Gasteiger partial charge in [0.25, 0.3) is 10.0 Å². The average molecular weight is 285 g/mol. The maximum atomic E-state index is 12.4. The van der Waals surface area contributed by atoms with E-state index in [4.69, 9.17) is 11.6 Å². The monoisotopic (exact) mass is 284 g/mol. The highest BCUT2D eigenvalue weighted by atomic mass is 35.5. The van der Waals surface area contributed by atoms with Gasteiger partial charge in [0, 0.05) is 11.2 Å². The van der Waals surface area contributed by atoms with Crippen LogP contribution in [0.4, 0.5) is 0 Å². The number of nitrogens with zero attached hydrogens (tertiary/aromatic N) is 2. The summed E-state index contributed by atoms with van der Waals surface area (Å²) >= 11 is 5.97. The van der Waals surface area contributed by atoms with Crippen LogP contribution in [0.15, 0.2) is 29.3 Å². The van der Waals surface area contributed by atoms with Crippen LogP contribution in [0.3, 0.4) is 0 Å². The number of aromatic nitrogens is 2. The Morgan fingerprint density at radius 3 is 2.39 bits per heavy atom. The highest BCUT2D eigenvalue weighted by molar-refractivity contribution is 7.89. The summed E-state index contributed by atoms with van der Waals surface area (Å²) in [6.07, 6.45) is 1.44. The van der Waals surface area contributed by atoms with Crippen LogP contribution < -0.4 is 0 Å². The molecule has 2 aromatic rings. The molecule has 0 N–H and O–H groups in total. The molecule has 0 amide bonds. The van der Waals surface area contributed by atoms with Crippen molar-refractivity contribution in [1.82, 2.24) is 9.19 Å². The van der Waals surface area contributed by atoms with Crippen LogP contribution >= 0.6 is 11.6 Å². The lowest BCUT2D eigenvalue weighted by Crippen LogP contribution is -2.15. The Morgan fingerprint density at radius 2 is 1.83 bits per heavy atom. The predicted octanol–water partition coefficient (Wildman–Crippen LogP) is 2.70. The van der Waals surface area contributed by atoms with Crippen molar-refractivity contribution in [3.05, 3.63) is 46.2 Å². The molecule has 18 heavy (non-hydrogen) atoms. The van der Waals surface area contributed by atoms with Crippen LogP contribution in [-0.4, -0.2) is 17.6 Å². The number of halogens is 1. The fraction of sp³-hybridized carbons (Fsp3) is 0.250. The van der Waals surface area contributed by atoms with E-state index < -0.39 is 10.0 Å². The number of hydrogen-bond donors (Lipinski definition) is 0. The van der Waals surface area contributed by atoms with Gasteiger partial charge in [0.05, 0.1) is 10.6 Å². The second-order valence-electron chi connectivity index (χ2n) is 4.20. The summed E-state index contributed by atoms with van der Waals surface area (Å²) in [5.74, 6) is 0. The molecule has 2 rings (SSSR count). The third kappa shape index (κ3) is 2.15. The lowest BCUT2D eigenvalue weighted by atomic mass is 10.2. The Morgan fingerprint density at radius 1 is 1.17 bits per heavy atom. The smallest absolute Gasteiger partial charge is 0.199 e. The summed E-state index contributed by atoms with van der Waals surface area (Å²) in [5.41, 5.74) is 1.99. The van der Waals surface area contributed by atoms with Crippen LogP contribution in [0.5, 0.6) is 0 Å². The van der Waals surface area contributed by atoms with Gasteiger partial charge in [0.2, 0.25) is 0 Å². The second kappa shape index (κ2) is 4.40. The van der Waals surface area contributed by atoms with Crippen molar-refractivity contribution in [2.45, 2.75) is 25.7 Å². The lowest BCUT2D eigenvalue weighted by Gasteiger charge is -2.09. The molecule has 4 nitrogen and oxygen atoms in total. The van der Waals surface area contributed by atoms with Crippen molar-refractivity contribution in [2.75, 3.05) is 0 Å². The van der Waals surface area contributed by atoms with Crippen molar-refractivity contribution < 1.29 is 8.42 Å². The van der Waals surface area contributed by atoms with E-state index >= 15 is 0 Å². The standard InChI is InChI=1S/C12H13ClN2O2S/c1-8-7-12(9(2)6-11(8)13)18(16,17)15-5-4-10(3)14-15/h4-7H,1-3H3. The van der Waals surface area contributed by atoms with Crippen LogP contribution in [0, 0.1) is 20.8 Å². The van der Waals surface area contributed by atoms with Crippen molar-refractivity contribution in [1.29, 1.82) is 0 Å². The van der Waals surface area contributed by atoms with E-state index in [9.17, 15) is 8.42 Å². The van der Waals surface area contributed by atoms with Gasteiger partial charge < -0.3 is 0 Å². The fourth-order valence-electron chi connectivity index (χ4n) is 1.66.